The molecule has 4 heteroatoms. The van der Waals surface area contributed by atoms with Crippen molar-refractivity contribution < 1.29 is 14.0 Å². The highest BCUT2D eigenvalue weighted by Crippen LogP contribution is 2.34. The van der Waals surface area contributed by atoms with Crippen LogP contribution in [-0.2, 0) is 4.79 Å². The number of aryl methyl sites for hydroxylation is 2. The van der Waals surface area contributed by atoms with Gasteiger partial charge in [-0.1, -0.05) is 12.1 Å². The number of anilines is 1. The smallest absolute Gasteiger partial charge is 0.299 e. The second-order valence-electron chi connectivity index (χ2n) is 4.25. The molecule has 0 N–H and O–H groups in total. The van der Waals surface area contributed by atoms with Gasteiger partial charge >= 0.3 is 0 Å². The van der Waals surface area contributed by atoms with Crippen molar-refractivity contribution in [3.05, 3.63) is 28.8 Å². The number of amides is 1. The summed E-state index contributed by atoms with van der Waals surface area (Å²) < 4.78 is 12.2. The molecule has 1 heterocycles. The minimum absolute atomic E-state index is 0.256. The van der Waals surface area contributed by atoms with E-state index in [0.717, 1.165) is 11.1 Å². The number of rotatable bonds is 3. The van der Waals surface area contributed by atoms with Gasteiger partial charge < -0.3 is 4.90 Å². The Bertz CT molecular complexity index is 496. The van der Waals surface area contributed by atoms with Crippen molar-refractivity contribution in [2.45, 2.75) is 20.3 Å². The van der Waals surface area contributed by atoms with Gasteiger partial charge in [0.05, 0.1) is 17.9 Å². The minimum atomic E-state index is -0.536. The second-order valence-corrected chi connectivity index (χ2v) is 4.25. The molecule has 0 saturated carbocycles. The maximum absolute atomic E-state index is 12.2. The molecule has 2 rings (SSSR count). The third kappa shape index (κ3) is 1.73. The number of carbonyl (C=O) groups excluding carboxylic acids is 2. The van der Waals surface area contributed by atoms with Gasteiger partial charge in [0.2, 0.25) is 0 Å². The summed E-state index contributed by atoms with van der Waals surface area (Å²) in [6, 6.07) is 3.71. The molecular weight excluding hydrogens is 221 g/mol. The van der Waals surface area contributed by atoms with Crippen molar-refractivity contribution in [1.82, 2.24) is 0 Å². The SMILES string of the molecule is Cc1ccc(C)c2c1C(=O)C(=O)N2CCCF. The average molecular weight is 235 g/mol. The quantitative estimate of drug-likeness (QED) is 0.753. The molecule has 90 valence electrons. The lowest BCUT2D eigenvalue weighted by Crippen LogP contribution is -2.31. The summed E-state index contributed by atoms with van der Waals surface area (Å²) in [5, 5.41) is 0. The van der Waals surface area contributed by atoms with Gasteiger partial charge in [-0.3, -0.25) is 14.0 Å². The molecule has 1 aliphatic rings. The average Bonchev–Trinajstić information content (AvgIpc) is 2.56. The normalized spacial score (nSPS) is 14.4. The fourth-order valence-electron chi connectivity index (χ4n) is 2.19. The summed E-state index contributed by atoms with van der Waals surface area (Å²) in [6.45, 7) is 3.44. The maximum Gasteiger partial charge on any atom is 0.299 e. The van der Waals surface area contributed by atoms with Crippen LogP contribution in [0.1, 0.15) is 27.9 Å². The lowest BCUT2D eigenvalue weighted by Gasteiger charge is -2.17. The van der Waals surface area contributed by atoms with Crippen LogP contribution in [0.4, 0.5) is 10.1 Å². The molecule has 1 aromatic rings. The van der Waals surface area contributed by atoms with Gasteiger partial charge in [0.25, 0.3) is 11.7 Å². The third-order valence-corrected chi connectivity index (χ3v) is 3.04. The number of ketones is 1. The van der Waals surface area contributed by atoms with E-state index in [9.17, 15) is 14.0 Å². The highest BCUT2D eigenvalue weighted by molar-refractivity contribution is 6.52. The Morgan fingerprint density at radius 1 is 1.18 bits per heavy atom. The second kappa shape index (κ2) is 4.28. The summed E-state index contributed by atoms with van der Waals surface area (Å²) in [5.41, 5.74) is 2.82. The number of halogens is 1. The van der Waals surface area contributed by atoms with Crippen LogP contribution in [0.25, 0.3) is 0 Å². The number of carbonyl (C=O) groups is 2. The molecule has 0 atom stereocenters. The van der Waals surface area contributed by atoms with E-state index in [1.54, 1.807) is 0 Å². The van der Waals surface area contributed by atoms with Crippen LogP contribution in [0.3, 0.4) is 0 Å². The van der Waals surface area contributed by atoms with Gasteiger partial charge in [-0.2, -0.15) is 0 Å². The zero-order valence-electron chi connectivity index (χ0n) is 9.92. The number of hydrogen-bond donors (Lipinski definition) is 0. The molecular formula is C13H14FNO2. The Labute approximate surface area is 99.2 Å². The van der Waals surface area contributed by atoms with Crippen LogP contribution in [0.5, 0.6) is 0 Å². The molecule has 0 bridgehead atoms. The first-order chi connectivity index (χ1) is 8.07. The Hall–Kier alpha value is -1.71. The Morgan fingerprint density at radius 3 is 2.47 bits per heavy atom. The van der Waals surface area contributed by atoms with Gasteiger partial charge in [0, 0.05) is 6.54 Å². The van der Waals surface area contributed by atoms with E-state index in [2.05, 4.69) is 0 Å². The molecule has 0 radical (unpaired) electrons. The minimum Gasteiger partial charge on any atom is -0.304 e. The standard InChI is InChI=1S/C13H14FNO2/c1-8-4-5-9(2)11-10(8)12(16)13(17)15(11)7-3-6-14/h4-5H,3,6-7H2,1-2H3. The first-order valence-electron chi connectivity index (χ1n) is 5.60. The molecule has 0 saturated heterocycles. The van der Waals surface area contributed by atoms with E-state index in [1.165, 1.54) is 4.90 Å². The summed E-state index contributed by atoms with van der Waals surface area (Å²) >= 11 is 0. The van der Waals surface area contributed by atoms with E-state index < -0.39 is 18.4 Å². The van der Waals surface area contributed by atoms with Crippen LogP contribution in [0.15, 0.2) is 12.1 Å². The predicted octanol–water partition coefficient (Wildman–Crippen LogP) is 2.19. The third-order valence-electron chi connectivity index (χ3n) is 3.04. The first kappa shape index (κ1) is 11.8. The largest absolute Gasteiger partial charge is 0.304 e. The van der Waals surface area contributed by atoms with Crippen molar-refractivity contribution in [2.24, 2.45) is 0 Å². The summed E-state index contributed by atoms with van der Waals surface area (Å²) in [4.78, 5) is 25.1. The lowest BCUT2D eigenvalue weighted by molar-refractivity contribution is -0.114. The van der Waals surface area contributed by atoms with Crippen LogP contribution < -0.4 is 4.90 Å². The van der Waals surface area contributed by atoms with Gasteiger partial charge in [-0.05, 0) is 31.4 Å². The highest BCUT2D eigenvalue weighted by atomic mass is 19.1. The topological polar surface area (TPSA) is 37.4 Å². The molecule has 17 heavy (non-hydrogen) atoms. The molecule has 0 unspecified atom stereocenters. The fourth-order valence-corrected chi connectivity index (χ4v) is 2.19. The van der Waals surface area contributed by atoms with E-state index in [0.29, 0.717) is 11.3 Å². The van der Waals surface area contributed by atoms with E-state index in [4.69, 9.17) is 0 Å². The molecule has 3 nitrogen and oxygen atoms in total. The van der Waals surface area contributed by atoms with E-state index >= 15 is 0 Å². The number of benzene rings is 1. The zero-order valence-corrected chi connectivity index (χ0v) is 9.92. The van der Waals surface area contributed by atoms with Gasteiger partial charge in [0.1, 0.15) is 0 Å². The molecule has 1 amide bonds. The fraction of sp³-hybridized carbons (Fsp3) is 0.385. The Balaban J connectivity index is 2.52. The molecule has 1 aliphatic heterocycles. The van der Waals surface area contributed by atoms with Crippen LogP contribution in [0.2, 0.25) is 0 Å². The number of Topliss-reactive ketones (excluding diaryl/α,β-unsaturated/α-hetero) is 1. The molecule has 0 spiro atoms. The summed E-state index contributed by atoms with van der Waals surface area (Å²) in [7, 11) is 0. The molecule has 0 aliphatic carbocycles. The number of hydrogen-bond acceptors (Lipinski definition) is 2. The monoisotopic (exact) mass is 235 g/mol. The number of fused-ring (bicyclic) bond motifs is 1. The van der Waals surface area contributed by atoms with Crippen molar-refractivity contribution in [1.29, 1.82) is 0 Å². The van der Waals surface area contributed by atoms with Crippen molar-refractivity contribution in [3.8, 4) is 0 Å². The Kier molecular flexibility index (Phi) is 2.96. The highest BCUT2D eigenvalue weighted by Gasteiger charge is 2.37. The molecule has 1 aromatic carbocycles. The van der Waals surface area contributed by atoms with Gasteiger partial charge in [-0.15, -0.1) is 0 Å². The van der Waals surface area contributed by atoms with Crippen LogP contribution in [0, 0.1) is 13.8 Å². The first-order valence-corrected chi connectivity index (χ1v) is 5.60. The van der Waals surface area contributed by atoms with Crippen molar-refractivity contribution in [2.75, 3.05) is 18.1 Å². The Morgan fingerprint density at radius 2 is 1.82 bits per heavy atom. The number of nitrogens with zero attached hydrogens (tertiary/aromatic N) is 1. The van der Waals surface area contributed by atoms with Crippen molar-refractivity contribution >= 4 is 17.4 Å². The molecule has 0 fully saturated rings. The molecule has 0 aromatic heterocycles. The zero-order chi connectivity index (χ0) is 12.6. The summed E-state index contributed by atoms with van der Waals surface area (Å²) in [6.07, 6.45) is 0.256. The summed E-state index contributed by atoms with van der Waals surface area (Å²) in [5.74, 6) is -1.01. The van der Waals surface area contributed by atoms with Gasteiger partial charge in [-0.25, -0.2) is 0 Å². The van der Waals surface area contributed by atoms with E-state index in [1.807, 2.05) is 26.0 Å². The van der Waals surface area contributed by atoms with Crippen LogP contribution >= 0.6 is 0 Å². The van der Waals surface area contributed by atoms with Crippen molar-refractivity contribution in [3.63, 3.8) is 0 Å². The van der Waals surface area contributed by atoms with E-state index in [-0.39, 0.29) is 13.0 Å². The van der Waals surface area contributed by atoms with Gasteiger partial charge in [0.15, 0.2) is 0 Å². The predicted molar refractivity (Wildman–Crippen MR) is 63.2 cm³/mol. The maximum atomic E-state index is 12.2. The van der Waals surface area contributed by atoms with Crippen LogP contribution in [-0.4, -0.2) is 24.9 Å². The number of alkyl halides is 1. The lowest BCUT2D eigenvalue weighted by atomic mass is 10.0.